The van der Waals surface area contributed by atoms with Crippen molar-refractivity contribution in [1.82, 2.24) is 14.1 Å². The molecule has 2 aromatic carbocycles. The number of anilines is 1. The number of ether oxygens (including phenoxy) is 1. The molecule has 0 radical (unpaired) electrons. The summed E-state index contributed by atoms with van der Waals surface area (Å²) >= 11 is 0. The molecule has 0 saturated carbocycles. The molecule has 1 amide bonds. The second-order valence-corrected chi connectivity index (χ2v) is 10.4. The van der Waals surface area contributed by atoms with Gasteiger partial charge in [-0.2, -0.15) is 4.31 Å². The topological polar surface area (TPSA) is 82.2 Å². The molecule has 2 aromatic rings. The molecule has 2 fully saturated rings. The third-order valence-electron chi connectivity index (χ3n) is 6.02. The fourth-order valence-electron chi connectivity index (χ4n) is 4.26. The van der Waals surface area contributed by atoms with E-state index in [0.717, 1.165) is 39.1 Å². The summed E-state index contributed by atoms with van der Waals surface area (Å²) in [5.74, 6) is -0.132. The zero-order chi connectivity index (χ0) is 23.1. The van der Waals surface area contributed by atoms with Crippen LogP contribution in [0.15, 0.2) is 59.5 Å². The number of nitrogens with zero attached hydrogens (tertiary/aromatic N) is 3. The molecule has 2 heterocycles. The summed E-state index contributed by atoms with van der Waals surface area (Å²) in [5, 5.41) is 2.87. The second-order valence-electron chi connectivity index (χ2n) is 8.48. The molecule has 1 N–H and O–H groups in total. The van der Waals surface area contributed by atoms with E-state index in [1.54, 1.807) is 18.2 Å². The van der Waals surface area contributed by atoms with E-state index in [1.165, 1.54) is 15.9 Å². The molecule has 2 aliphatic rings. The van der Waals surface area contributed by atoms with E-state index in [1.807, 2.05) is 6.07 Å². The van der Waals surface area contributed by atoms with Crippen molar-refractivity contribution in [2.75, 3.05) is 64.3 Å². The van der Waals surface area contributed by atoms with Gasteiger partial charge in [-0.3, -0.25) is 14.6 Å². The Morgan fingerprint density at radius 3 is 2.39 bits per heavy atom. The lowest BCUT2D eigenvalue weighted by atomic mass is 10.2. The molecule has 9 heteroatoms. The molecule has 0 bridgehead atoms. The number of hydrogen-bond donors (Lipinski definition) is 1. The monoisotopic (exact) mass is 472 g/mol. The van der Waals surface area contributed by atoms with Crippen LogP contribution in [0.2, 0.25) is 0 Å². The van der Waals surface area contributed by atoms with Gasteiger partial charge in [-0.15, -0.1) is 0 Å². The van der Waals surface area contributed by atoms with Crippen molar-refractivity contribution >= 4 is 21.6 Å². The van der Waals surface area contributed by atoms with Gasteiger partial charge in [-0.1, -0.05) is 36.4 Å². The van der Waals surface area contributed by atoms with Crippen LogP contribution in [-0.2, 0) is 26.1 Å². The first-order valence-electron chi connectivity index (χ1n) is 11.5. The SMILES string of the molecule is O=C(CN1CCCN(Cc2ccccc2)CC1)Nc1cccc(S(=O)(=O)N2CCOCC2)c1. The first-order valence-corrected chi connectivity index (χ1v) is 12.9. The number of carbonyl (C=O) groups excluding carboxylic acids is 1. The van der Waals surface area contributed by atoms with Crippen LogP contribution in [0.25, 0.3) is 0 Å². The van der Waals surface area contributed by atoms with Crippen molar-refractivity contribution in [1.29, 1.82) is 0 Å². The molecule has 2 aliphatic heterocycles. The summed E-state index contributed by atoms with van der Waals surface area (Å²) in [5.41, 5.74) is 1.80. The van der Waals surface area contributed by atoms with Crippen LogP contribution in [0.5, 0.6) is 0 Å². The normalized spacial score (nSPS) is 19.2. The van der Waals surface area contributed by atoms with Crippen LogP contribution in [0, 0.1) is 0 Å². The van der Waals surface area contributed by atoms with Crippen molar-refractivity contribution in [2.24, 2.45) is 0 Å². The van der Waals surface area contributed by atoms with Crippen LogP contribution in [0.1, 0.15) is 12.0 Å². The van der Waals surface area contributed by atoms with E-state index in [4.69, 9.17) is 4.74 Å². The third-order valence-corrected chi connectivity index (χ3v) is 7.92. The van der Waals surface area contributed by atoms with Gasteiger partial charge in [0.15, 0.2) is 0 Å². The minimum atomic E-state index is -3.60. The average molecular weight is 473 g/mol. The van der Waals surface area contributed by atoms with E-state index in [2.05, 4.69) is 39.4 Å². The van der Waals surface area contributed by atoms with Crippen LogP contribution in [0.3, 0.4) is 0 Å². The minimum absolute atomic E-state index is 0.132. The second kappa shape index (κ2) is 11.2. The molecule has 0 spiro atoms. The highest BCUT2D eigenvalue weighted by Gasteiger charge is 2.26. The molecule has 8 nitrogen and oxygen atoms in total. The Bertz CT molecular complexity index is 1030. The number of morpholine rings is 1. The maximum Gasteiger partial charge on any atom is 0.243 e. The Balaban J connectivity index is 1.30. The van der Waals surface area contributed by atoms with Gasteiger partial charge in [0.2, 0.25) is 15.9 Å². The number of benzene rings is 2. The van der Waals surface area contributed by atoms with Crippen molar-refractivity contribution in [3.05, 3.63) is 60.2 Å². The highest BCUT2D eigenvalue weighted by atomic mass is 32.2. The minimum Gasteiger partial charge on any atom is -0.379 e. The Morgan fingerprint density at radius 2 is 1.61 bits per heavy atom. The summed E-state index contributed by atoms with van der Waals surface area (Å²) in [6.45, 7) is 6.30. The number of sulfonamides is 1. The number of rotatable bonds is 7. The fourth-order valence-corrected chi connectivity index (χ4v) is 5.71. The molecule has 33 heavy (non-hydrogen) atoms. The maximum atomic E-state index is 12.9. The number of hydrogen-bond acceptors (Lipinski definition) is 6. The highest BCUT2D eigenvalue weighted by Crippen LogP contribution is 2.20. The maximum absolute atomic E-state index is 12.9. The lowest BCUT2D eigenvalue weighted by Gasteiger charge is -2.26. The quantitative estimate of drug-likeness (QED) is 0.663. The molecular formula is C24H32N4O4S. The predicted molar refractivity (Wildman–Crippen MR) is 127 cm³/mol. The Kier molecular flexibility index (Phi) is 8.11. The van der Waals surface area contributed by atoms with E-state index in [9.17, 15) is 13.2 Å². The summed E-state index contributed by atoms with van der Waals surface area (Å²) < 4.78 is 32.5. The van der Waals surface area contributed by atoms with E-state index < -0.39 is 10.0 Å². The van der Waals surface area contributed by atoms with Gasteiger partial charge < -0.3 is 10.1 Å². The Hall–Kier alpha value is -2.30. The van der Waals surface area contributed by atoms with Gasteiger partial charge in [0.05, 0.1) is 24.7 Å². The van der Waals surface area contributed by atoms with Crippen LogP contribution >= 0.6 is 0 Å². The van der Waals surface area contributed by atoms with Gasteiger partial charge in [0.1, 0.15) is 0 Å². The largest absolute Gasteiger partial charge is 0.379 e. The van der Waals surface area contributed by atoms with E-state index >= 15 is 0 Å². The third kappa shape index (κ3) is 6.61. The average Bonchev–Trinajstić information content (AvgIpc) is 3.05. The molecule has 0 aromatic heterocycles. The summed E-state index contributed by atoms with van der Waals surface area (Å²) in [6.07, 6.45) is 1.01. The smallest absolute Gasteiger partial charge is 0.243 e. The number of carbonyl (C=O) groups is 1. The molecule has 0 atom stereocenters. The van der Waals surface area contributed by atoms with Crippen molar-refractivity contribution in [3.63, 3.8) is 0 Å². The van der Waals surface area contributed by atoms with Gasteiger partial charge >= 0.3 is 0 Å². The lowest BCUT2D eigenvalue weighted by molar-refractivity contribution is -0.117. The van der Waals surface area contributed by atoms with Crippen molar-refractivity contribution in [3.8, 4) is 0 Å². The molecule has 4 rings (SSSR count). The highest BCUT2D eigenvalue weighted by molar-refractivity contribution is 7.89. The van der Waals surface area contributed by atoms with Gasteiger partial charge in [-0.25, -0.2) is 8.42 Å². The van der Waals surface area contributed by atoms with Gasteiger partial charge in [0, 0.05) is 38.4 Å². The van der Waals surface area contributed by atoms with Crippen LogP contribution in [-0.4, -0.2) is 87.5 Å². The zero-order valence-corrected chi connectivity index (χ0v) is 19.7. The molecular weight excluding hydrogens is 440 g/mol. The predicted octanol–water partition coefficient (Wildman–Crippen LogP) is 1.85. The van der Waals surface area contributed by atoms with Crippen LogP contribution in [0.4, 0.5) is 5.69 Å². The first-order chi connectivity index (χ1) is 16.0. The van der Waals surface area contributed by atoms with Gasteiger partial charge in [0.25, 0.3) is 0 Å². The molecule has 0 aliphatic carbocycles. The summed E-state index contributed by atoms with van der Waals surface area (Å²) in [7, 11) is -3.60. The first kappa shape index (κ1) is 23.8. The number of amides is 1. The standard InChI is InChI=1S/C24H32N4O4S/c29-24(20-27-11-5-10-26(12-13-27)19-21-6-2-1-3-7-21)25-22-8-4-9-23(18-22)33(30,31)28-14-16-32-17-15-28/h1-4,6-9,18H,5,10-17,19-20H2,(H,25,29). The lowest BCUT2D eigenvalue weighted by Crippen LogP contribution is -2.40. The van der Waals surface area contributed by atoms with Crippen molar-refractivity contribution < 1.29 is 17.9 Å². The zero-order valence-electron chi connectivity index (χ0n) is 18.9. The summed E-state index contributed by atoms with van der Waals surface area (Å²) in [4.78, 5) is 17.5. The fraction of sp³-hybridized carbons (Fsp3) is 0.458. The molecule has 2 saturated heterocycles. The summed E-state index contributed by atoms with van der Waals surface area (Å²) in [6, 6.07) is 16.9. The molecule has 178 valence electrons. The van der Waals surface area contributed by atoms with E-state index in [0.29, 0.717) is 38.5 Å². The molecule has 0 unspecified atom stereocenters. The van der Waals surface area contributed by atoms with Gasteiger partial charge in [-0.05, 0) is 43.3 Å². The Labute approximate surface area is 196 Å². The van der Waals surface area contributed by atoms with E-state index in [-0.39, 0.29) is 10.8 Å². The number of nitrogens with one attached hydrogen (secondary N) is 1. The Morgan fingerprint density at radius 1 is 0.879 bits per heavy atom. The van der Waals surface area contributed by atoms with Crippen molar-refractivity contribution in [2.45, 2.75) is 17.9 Å². The van der Waals surface area contributed by atoms with Crippen LogP contribution < -0.4 is 5.32 Å².